The number of rotatable bonds is 6. The largest absolute Gasteiger partial charge is 0.352 e. The number of benzene rings is 1. The van der Waals surface area contributed by atoms with Crippen LogP contribution in [0, 0.1) is 0 Å². The molecule has 0 bridgehead atoms. The maximum Gasteiger partial charge on any atom is 0.221 e. The van der Waals surface area contributed by atoms with E-state index in [0.717, 1.165) is 17.7 Å². The number of halogens is 1. The number of hydrogen-bond acceptors (Lipinski definition) is 3. The van der Waals surface area contributed by atoms with Crippen molar-refractivity contribution >= 4 is 18.3 Å². The Balaban J connectivity index is 0.00000200. The van der Waals surface area contributed by atoms with Gasteiger partial charge in [-0.3, -0.25) is 9.48 Å². The summed E-state index contributed by atoms with van der Waals surface area (Å²) in [5.74, 6) is -0.0139. The Morgan fingerprint density at radius 3 is 2.80 bits per heavy atom. The van der Waals surface area contributed by atoms with Crippen LogP contribution in [0.3, 0.4) is 0 Å². The predicted octanol–water partition coefficient (Wildman–Crippen LogP) is 1.32. The Morgan fingerprint density at radius 2 is 2.10 bits per heavy atom. The van der Waals surface area contributed by atoms with E-state index in [9.17, 15) is 4.79 Å². The summed E-state index contributed by atoms with van der Waals surface area (Å²) in [6.45, 7) is 1.65. The van der Waals surface area contributed by atoms with Crippen molar-refractivity contribution in [2.45, 2.75) is 19.5 Å². The van der Waals surface area contributed by atoms with Crippen LogP contribution in [0.2, 0.25) is 0 Å². The van der Waals surface area contributed by atoms with Crippen LogP contribution in [0.15, 0.2) is 42.7 Å². The van der Waals surface area contributed by atoms with Gasteiger partial charge in [0.25, 0.3) is 0 Å². The van der Waals surface area contributed by atoms with Gasteiger partial charge >= 0.3 is 0 Å². The molecule has 1 aromatic carbocycles. The molecule has 108 valence electrons. The molecule has 0 saturated heterocycles. The third kappa shape index (κ3) is 5.03. The van der Waals surface area contributed by atoms with E-state index >= 15 is 0 Å². The van der Waals surface area contributed by atoms with Crippen LogP contribution >= 0.6 is 12.4 Å². The number of carbonyl (C=O) groups is 1. The van der Waals surface area contributed by atoms with Gasteiger partial charge in [-0.15, -0.1) is 12.4 Å². The van der Waals surface area contributed by atoms with E-state index < -0.39 is 0 Å². The third-order valence-corrected chi connectivity index (χ3v) is 2.76. The molecule has 20 heavy (non-hydrogen) atoms. The first kappa shape index (κ1) is 16.2. The zero-order valence-electron chi connectivity index (χ0n) is 11.2. The quantitative estimate of drug-likeness (QED) is 0.844. The van der Waals surface area contributed by atoms with Crippen LogP contribution < -0.4 is 11.1 Å². The van der Waals surface area contributed by atoms with Crippen molar-refractivity contribution in [1.29, 1.82) is 0 Å². The highest BCUT2D eigenvalue weighted by atomic mass is 35.5. The second-order valence-electron chi connectivity index (χ2n) is 4.34. The SMILES string of the molecule is Cl.NCCC(=O)NCc1cccc(Cn2cccn2)c1. The molecule has 0 fully saturated rings. The van der Waals surface area contributed by atoms with E-state index in [0.29, 0.717) is 19.5 Å². The normalized spacial score (nSPS) is 9.85. The van der Waals surface area contributed by atoms with Gasteiger partial charge < -0.3 is 11.1 Å². The van der Waals surface area contributed by atoms with Crippen molar-refractivity contribution in [2.75, 3.05) is 6.54 Å². The minimum absolute atomic E-state index is 0. The highest BCUT2D eigenvalue weighted by molar-refractivity contribution is 5.85. The number of carbonyl (C=O) groups excluding carboxylic acids is 1. The number of nitrogens with two attached hydrogens (primary N) is 1. The van der Waals surface area contributed by atoms with Gasteiger partial charge in [-0.2, -0.15) is 5.10 Å². The van der Waals surface area contributed by atoms with Crippen molar-refractivity contribution in [1.82, 2.24) is 15.1 Å². The maximum atomic E-state index is 11.4. The van der Waals surface area contributed by atoms with Crippen LogP contribution in [-0.2, 0) is 17.9 Å². The lowest BCUT2D eigenvalue weighted by atomic mass is 10.1. The summed E-state index contributed by atoms with van der Waals surface area (Å²) < 4.78 is 1.87. The summed E-state index contributed by atoms with van der Waals surface area (Å²) >= 11 is 0. The molecule has 2 rings (SSSR count). The highest BCUT2D eigenvalue weighted by Gasteiger charge is 2.01. The summed E-state index contributed by atoms with van der Waals surface area (Å²) in [6.07, 6.45) is 4.06. The molecule has 0 aliphatic carbocycles. The zero-order chi connectivity index (χ0) is 13.5. The van der Waals surface area contributed by atoms with E-state index in [1.807, 2.05) is 35.1 Å². The van der Waals surface area contributed by atoms with E-state index in [-0.39, 0.29) is 18.3 Å². The molecule has 0 unspecified atom stereocenters. The molecule has 1 amide bonds. The number of amides is 1. The molecule has 0 spiro atoms. The van der Waals surface area contributed by atoms with Crippen molar-refractivity contribution in [3.63, 3.8) is 0 Å². The Hall–Kier alpha value is -1.85. The molecule has 0 radical (unpaired) electrons. The fraction of sp³-hybridized carbons (Fsp3) is 0.286. The number of nitrogens with zero attached hydrogens (tertiary/aromatic N) is 2. The second-order valence-corrected chi connectivity index (χ2v) is 4.34. The summed E-state index contributed by atoms with van der Waals surface area (Å²) in [6, 6.07) is 10.0. The molecule has 3 N–H and O–H groups in total. The minimum atomic E-state index is -0.0139. The fourth-order valence-corrected chi connectivity index (χ4v) is 1.84. The summed E-state index contributed by atoms with van der Waals surface area (Å²) in [4.78, 5) is 11.4. The predicted molar refractivity (Wildman–Crippen MR) is 80.5 cm³/mol. The zero-order valence-corrected chi connectivity index (χ0v) is 12.0. The standard InChI is InChI=1S/C14H18N4O.ClH/c15-6-5-14(19)16-10-12-3-1-4-13(9-12)11-18-8-2-7-17-18;/h1-4,7-9H,5-6,10-11,15H2,(H,16,19);1H. The van der Waals surface area contributed by atoms with E-state index in [4.69, 9.17) is 5.73 Å². The molecule has 5 nitrogen and oxygen atoms in total. The average molecular weight is 295 g/mol. The molecule has 6 heteroatoms. The second kappa shape index (κ2) is 8.35. The minimum Gasteiger partial charge on any atom is -0.352 e. The van der Waals surface area contributed by atoms with Gasteiger partial charge in [-0.05, 0) is 17.2 Å². The van der Waals surface area contributed by atoms with Crippen LogP contribution in [0.1, 0.15) is 17.5 Å². The Kier molecular flexibility index (Phi) is 6.76. The number of hydrogen-bond donors (Lipinski definition) is 2. The van der Waals surface area contributed by atoms with Gasteiger partial charge in [0, 0.05) is 31.9 Å². The summed E-state index contributed by atoms with van der Waals surface area (Å²) in [5.41, 5.74) is 7.57. The smallest absolute Gasteiger partial charge is 0.221 e. The van der Waals surface area contributed by atoms with E-state index in [1.165, 1.54) is 0 Å². The molecule has 0 aliphatic heterocycles. The maximum absolute atomic E-state index is 11.4. The van der Waals surface area contributed by atoms with Gasteiger partial charge in [0.05, 0.1) is 6.54 Å². The average Bonchev–Trinajstić information content (AvgIpc) is 2.90. The first-order chi connectivity index (χ1) is 9.28. The molecule has 0 atom stereocenters. The lowest BCUT2D eigenvalue weighted by molar-refractivity contribution is -0.121. The Morgan fingerprint density at radius 1 is 1.30 bits per heavy atom. The fourth-order valence-electron chi connectivity index (χ4n) is 1.84. The van der Waals surface area contributed by atoms with Crippen LogP contribution in [0.25, 0.3) is 0 Å². The lowest BCUT2D eigenvalue weighted by Gasteiger charge is -2.07. The van der Waals surface area contributed by atoms with Crippen molar-refractivity contribution in [2.24, 2.45) is 5.73 Å². The number of aromatic nitrogens is 2. The van der Waals surface area contributed by atoms with Gasteiger partial charge in [0.15, 0.2) is 0 Å². The molecule has 1 aromatic heterocycles. The van der Waals surface area contributed by atoms with Gasteiger partial charge in [0.2, 0.25) is 5.91 Å². The van der Waals surface area contributed by atoms with E-state index in [1.54, 1.807) is 6.20 Å². The van der Waals surface area contributed by atoms with Crippen molar-refractivity contribution in [3.05, 3.63) is 53.9 Å². The molecule has 0 saturated carbocycles. The Bertz CT molecular complexity index is 528. The molecule has 1 heterocycles. The molecule has 2 aromatic rings. The molecule has 0 aliphatic rings. The van der Waals surface area contributed by atoms with Crippen LogP contribution in [0.4, 0.5) is 0 Å². The first-order valence-corrected chi connectivity index (χ1v) is 6.30. The summed E-state index contributed by atoms with van der Waals surface area (Å²) in [5, 5.41) is 7.02. The van der Waals surface area contributed by atoms with Crippen molar-refractivity contribution in [3.8, 4) is 0 Å². The van der Waals surface area contributed by atoms with Gasteiger partial charge in [-0.1, -0.05) is 24.3 Å². The van der Waals surface area contributed by atoms with Crippen LogP contribution in [0.5, 0.6) is 0 Å². The first-order valence-electron chi connectivity index (χ1n) is 6.30. The number of nitrogens with one attached hydrogen (secondary N) is 1. The Labute approximate surface area is 124 Å². The molecular formula is C14H19ClN4O. The van der Waals surface area contributed by atoms with Gasteiger partial charge in [-0.25, -0.2) is 0 Å². The third-order valence-electron chi connectivity index (χ3n) is 2.76. The molecular weight excluding hydrogens is 276 g/mol. The van der Waals surface area contributed by atoms with E-state index in [2.05, 4.69) is 16.5 Å². The van der Waals surface area contributed by atoms with Gasteiger partial charge in [0.1, 0.15) is 0 Å². The van der Waals surface area contributed by atoms with Crippen LogP contribution in [-0.4, -0.2) is 22.2 Å². The summed E-state index contributed by atoms with van der Waals surface area (Å²) in [7, 11) is 0. The lowest BCUT2D eigenvalue weighted by Crippen LogP contribution is -2.25. The van der Waals surface area contributed by atoms with Crippen molar-refractivity contribution < 1.29 is 4.79 Å². The highest BCUT2D eigenvalue weighted by Crippen LogP contribution is 2.07. The monoisotopic (exact) mass is 294 g/mol. The topological polar surface area (TPSA) is 72.9 Å².